The molecule has 1 atom stereocenters. The maximum Gasteiger partial charge on any atom is 0.328 e. The van der Waals surface area contributed by atoms with Gasteiger partial charge < -0.3 is 9.84 Å². The molecule has 0 aliphatic rings. The molecule has 0 bridgehead atoms. The van der Waals surface area contributed by atoms with Gasteiger partial charge in [-0.1, -0.05) is 6.07 Å². The maximum atomic E-state index is 13.5. The molecule has 1 aromatic carbocycles. The molecule has 1 N–H and O–H groups in total. The molecule has 0 spiro atoms. The van der Waals surface area contributed by atoms with Crippen LogP contribution in [-0.4, -0.2) is 17.7 Å². The van der Waals surface area contributed by atoms with Gasteiger partial charge in [-0.3, -0.25) is 4.79 Å². The van der Waals surface area contributed by atoms with Crippen molar-refractivity contribution in [3.63, 3.8) is 0 Å². The van der Waals surface area contributed by atoms with Crippen LogP contribution in [0.2, 0.25) is 0 Å². The lowest BCUT2D eigenvalue weighted by molar-refractivity contribution is -0.141. The van der Waals surface area contributed by atoms with Gasteiger partial charge in [0, 0.05) is 0 Å². The summed E-state index contributed by atoms with van der Waals surface area (Å²) in [7, 11) is 0. The van der Waals surface area contributed by atoms with Crippen LogP contribution in [0.25, 0.3) is 0 Å². The third-order valence-corrected chi connectivity index (χ3v) is 2.46. The first kappa shape index (κ1) is 13.0. The van der Waals surface area contributed by atoms with Crippen LogP contribution in [-0.2, 0) is 10.2 Å². The molecular weight excluding hydrogens is 225 g/mol. The summed E-state index contributed by atoms with van der Waals surface area (Å²) in [4.78, 5) is 11.0. The molecule has 1 aromatic rings. The number of ether oxygens (including phenoxy) is 1. The summed E-state index contributed by atoms with van der Waals surface area (Å²) in [5, 5.41) is 17.9. The van der Waals surface area contributed by atoms with Gasteiger partial charge in [0.2, 0.25) is 0 Å². The SMILES string of the molecule is CCOc1ccc(C(C)(C#N)C(=O)O)cc1F. The number of rotatable bonds is 4. The van der Waals surface area contributed by atoms with Crippen molar-refractivity contribution in [2.75, 3.05) is 6.61 Å². The van der Waals surface area contributed by atoms with Crippen LogP contribution in [0.1, 0.15) is 19.4 Å². The monoisotopic (exact) mass is 237 g/mol. The second-order valence-corrected chi connectivity index (χ2v) is 3.62. The topological polar surface area (TPSA) is 70.3 Å². The number of carboxylic acids is 1. The summed E-state index contributed by atoms with van der Waals surface area (Å²) >= 11 is 0. The zero-order valence-electron chi connectivity index (χ0n) is 9.53. The molecular formula is C12H12FNO3. The van der Waals surface area contributed by atoms with Gasteiger partial charge in [0.1, 0.15) is 0 Å². The number of nitrogens with zero attached hydrogens (tertiary/aromatic N) is 1. The van der Waals surface area contributed by atoms with Gasteiger partial charge in [0.25, 0.3) is 0 Å². The average molecular weight is 237 g/mol. The zero-order chi connectivity index (χ0) is 13.1. The minimum Gasteiger partial charge on any atom is -0.491 e. The van der Waals surface area contributed by atoms with E-state index in [-0.39, 0.29) is 11.3 Å². The molecule has 4 nitrogen and oxygen atoms in total. The molecule has 1 rings (SSSR count). The van der Waals surface area contributed by atoms with Gasteiger partial charge in [-0.05, 0) is 31.5 Å². The van der Waals surface area contributed by atoms with E-state index in [0.29, 0.717) is 6.61 Å². The highest BCUT2D eigenvalue weighted by Gasteiger charge is 2.36. The molecule has 0 aliphatic carbocycles. The summed E-state index contributed by atoms with van der Waals surface area (Å²) < 4.78 is 18.5. The summed E-state index contributed by atoms with van der Waals surface area (Å²) in [6, 6.07) is 5.39. The van der Waals surface area contributed by atoms with E-state index in [1.54, 1.807) is 13.0 Å². The third-order valence-electron chi connectivity index (χ3n) is 2.46. The predicted octanol–water partition coefficient (Wildman–Crippen LogP) is 2.09. The van der Waals surface area contributed by atoms with Crippen LogP contribution in [0.5, 0.6) is 5.75 Å². The second-order valence-electron chi connectivity index (χ2n) is 3.62. The minimum absolute atomic E-state index is 0.0435. The highest BCUT2D eigenvalue weighted by molar-refractivity contribution is 5.84. The average Bonchev–Trinajstić information content (AvgIpc) is 2.30. The Morgan fingerprint density at radius 3 is 2.71 bits per heavy atom. The van der Waals surface area contributed by atoms with Gasteiger partial charge in [0.15, 0.2) is 17.0 Å². The van der Waals surface area contributed by atoms with Crippen molar-refractivity contribution in [3.8, 4) is 11.8 Å². The lowest BCUT2D eigenvalue weighted by atomic mass is 9.84. The number of hydrogen-bond acceptors (Lipinski definition) is 3. The van der Waals surface area contributed by atoms with E-state index in [1.807, 2.05) is 0 Å². The van der Waals surface area contributed by atoms with Crippen molar-refractivity contribution in [2.45, 2.75) is 19.3 Å². The largest absolute Gasteiger partial charge is 0.491 e. The van der Waals surface area contributed by atoms with E-state index in [4.69, 9.17) is 15.1 Å². The molecule has 0 saturated heterocycles. The number of carboxylic acid groups (broad SMARTS) is 1. The summed E-state index contributed by atoms with van der Waals surface area (Å²) in [6.45, 7) is 3.25. The second kappa shape index (κ2) is 4.83. The van der Waals surface area contributed by atoms with Crippen molar-refractivity contribution >= 4 is 5.97 Å². The Labute approximate surface area is 98.2 Å². The molecule has 0 radical (unpaired) electrons. The number of aliphatic carboxylic acids is 1. The van der Waals surface area contributed by atoms with Gasteiger partial charge in [0.05, 0.1) is 12.7 Å². The Kier molecular flexibility index (Phi) is 3.69. The Bertz CT molecular complexity index is 481. The van der Waals surface area contributed by atoms with E-state index >= 15 is 0 Å². The van der Waals surface area contributed by atoms with Crippen molar-refractivity contribution in [1.29, 1.82) is 5.26 Å². The molecule has 0 fully saturated rings. The number of halogens is 1. The molecule has 0 amide bonds. The summed E-state index contributed by atoms with van der Waals surface area (Å²) in [6.07, 6.45) is 0. The first-order valence-corrected chi connectivity index (χ1v) is 5.03. The van der Waals surface area contributed by atoms with Crippen molar-refractivity contribution in [2.24, 2.45) is 0 Å². The first-order chi connectivity index (χ1) is 7.95. The van der Waals surface area contributed by atoms with Gasteiger partial charge in [-0.2, -0.15) is 5.26 Å². The lowest BCUT2D eigenvalue weighted by Gasteiger charge is -2.17. The number of hydrogen-bond donors (Lipinski definition) is 1. The summed E-state index contributed by atoms with van der Waals surface area (Å²) in [5.41, 5.74) is -1.67. The van der Waals surface area contributed by atoms with E-state index in [2.05, 4.69) is 0 Å². The molecule has 0 heterocycles. The van der Waals surface area contributed by atoms with E-state index in [1.165, 1.54) is 19.1 Å². The van der Waals surface area contributed by atoms with Crippen LogP contribution in [0.15, 0.2) is 18.2 Å². The van der Waals surface area contributed by atoms with Crippen molar-refractivity contribution in [3.05, 3.63) is 29.6 Å². The van der Waals surface area contributed by atoms with Crippen molar-refractivity contribution in [1.82, 2.24) is 0 Å². The third kappa shape index (κ3) is 2.36. The molecule has 1 unspecified atom stereocenters. The normalized spacial score (nSPS) is 13.5. The zero-order valence-corrected chi connectivity index (χ0v) is 9.53. The molecule has 5 heteroatoms. The Hall–Kier alpha value is -2.09. The van der Waals surface area contributed by atoms with Crippen LogP contribution < -0.4 is 4.74 Å². The molecule has 0 aliphatic heterocycles. The highest BCUT2D eigenvalue weighted by atomic mass is 19.1. The molecule has 17 heavy (non-hydrogen) atoms. The standard InChI is InChI=1S/C12H12FNO3/c1-3-17-10-5-4-8(6-9(10)13)12(2,7-14)11(15)16/h4-6H,3H2,1-2H3,(H,15,16). The van der Waals surface area contributed by atoms with Crippen LogP contribution >= 0.6 is 0 Å². The van der Waals surface area contributed by atoms with Gasteiger partial charge in [-0.15, -0.1) is 0 Å². The number of nitriles is 1. The van der Waals surface area contributed by atoms with Gasteiger partial charge in [-0.25, -0.2) is 4.39 Å². The number of carbonyl (C=O) groups is 1. The van der Waals surface area contributed by atoms with Crippen molar-refractivity contribution < 1.29 is 19.0 Å². The quantitative estimate of drug-likeness (QED) is 0.870. The Morgan fingerprint density at radius 2 is 2.29 bits per heavy atom. The van der Waals surface area contributed by atoms with Crippen LogP contribution in [0.4, 0.5) is 4.39 Å². The molecule has 0 saturated carbocycles. The molecule has 90 valence electrons. The smallest absolute Gasteiger partial charge is 0.328 e. The number of benzene rings is 1. The predicted molar refractivity (Wildman–Crippen MR) is 58.2 cm³/mol. The minimum atomic E-state index is -1.76. The van der Waals surface area contributed by atoms with E-state index in [9.17, 15) is 9.18 Å². The van der Waals surface area contributed by atoms with Gasteiger partial charge >= 0.3 is 5.97 Å². The van der Waals surface area contributed by atoms with Crippen LogP contribution in [0, 0.1) is 17.1 Å². The van der Waals surface area contributed by atoms with Crippen LogP contribution in [0.3, 0.4) is 0 Å². The first-order valence-electron chi connectivity index (χ1n) is 5.03. The molecule has 0 aromatic heterocycles. The fraction of sp³-hybridized carbons (Fsp3) is 0.333. The fourth-order valence-corrected chi connectivity index (χ4v) is 1.32. The highest BCUT2D eigenvalue weighted by Crippen LogP contribution is 2.27. The van der Waals surface area contributed by atoms with E-state index < -0.39 is 17.2 Å². The summed E-state index contributed by atoms with van der Waals surface area (Å²) in [5.74, 6) is -1.95. The fourth-order valence-electron chi connectivity index (χ4n) is 1.32. The Balaban J connectivity index is 3.22. The lowest BCUT2D eigenvalue weighted by Crippen LogP contribution is -2.30. The van der Waals surface area contributed by atoms with E-state index in [0.717, 1.165) is 6.07 Å². The maximum absolute atomic E-state index is 13.5. The Morgan fingerprint density at radius 1 is 1.65 bits per heavy atom.